The van der Waals surface area contributed by atoms with Gasteiger partial charge in [0.05, 0.1) is 17.6 Å². The maximum Gasteiger partial charge on any atom is 0.227 e. The van der Waals surface area contributed by atoms with E-state index in [0.29, 0.717) is 18.4 Å². The second-order valence-corrected chi connectivity index (χ2v) is 10.8. The van der Waals surface area contributed by atoms with Crippen LogP contribution in [0, 0.1) is 5.92 Å². The summed E-state index contributed by atoms with van der Waals surface area (Å²) >= 11 is 0. The molecule has 2 rings (SSSR count). The number of aromatic nitrogens is 2. The van der Waals surface area contributed by atoms with E-state index in [0.717, 1.165) is 64.2 Å². The van der Waals surface area contributed by atoms with Crippen LogP contribution in [0.1, 0.15) is 66.0 Å². The lowest BCUT2D eigenvalue weighted by Gasteiger charge is -2.36. The van der Waals surface area contributed by atoms with E-state index in [-0.39, 0.29) is 10.9 Å². The average Bonchev–Trinajstić information content (AvgIpc) is 3.03. The number of unbranched alkanes of at least 4 members (excludes halogenated alkanes) is 1. The molecule has 0 N–H and O–H groups in total. The lowest BCUT2D eigenvalue weighted by atomic mass is 10.1. The van der Waals surface area contributed by atoms with Crippen molar-refractivity contribution in [2.24, 2.45) is 5.92 Å². The van der Waals surface area contributed by atoms with Gasteiger partial charge >= 0.3 is 0 Å². The van der Waals surface area contributed by atoms with E-state index in [1.807, 2.05) is 4.57 Å². The molecule has 0 bridgehead atoms. The standard InChI is InChI=1S/C21H40N4O2S/c1-6-7-10-25-20(17-23-11-13-24(14-12-23)19(4)5)16-22-21(25)28(26,27)15-8-9-18(2)3/h16,18-19H,6-15,17H2,1-5H3. The van der Waals surface area contributed by atoms with Crippen molar-refractivity contribution < 1.29 is 8.42 Å². The van der Waals surface area contributed by atoms with Gasteiger partial charge < -0.3 is 4.57 Å². The smallest absolute Gasteiger partial charge is 0.227 e. The van der Waals surface area contributed by atoms with Crippen molar-refractivity contribution in [3.8, 4) is 0 Å². The Kier molecular flexibility index (Phi) is 8.96. The molecule has 2 heterocycles. The predicted molar refractivity (Wildman–Crippen MR) is 115 cm³/mol. The first kappa shape index (κ1) is 23.4. The third-order valence-electron chi connectivity index (χ3n) is 5.63. The first-order valence-electron chi connectivity index (χ1n) is 11.0. The van der Waals surface area contributed by atoms with E-state index in [9.17, 15) is 8.42 Å². The molecular formula is C21H40N4O2S. The molecule has 0 unspecified atom stereocenters. The van der Waals surface area contributed by atoms with Crippen molar-refractivity contribution in [1.82, 2.24) is 19.4 Å². The molecule has 0 aromatic carbocycles. The van der Waals surface area contributed by atoms with Gasteiger partial charge in [-0.05, 0) is 39.0 Å². The molecular weight excluding hydrogens is 372 g/mol. The van der Waals surface area contributed by atoms with Gasteiger partial charge in [-0.15, -0.1) is 0 Å². The maximum absolute atomic E-state index is 12.9. The van der Waals surface area contributed by atoms with Crippen molar-refractivity contribution >= 4 is 9.84 Å². The number of hydrogen-bond acceptors (Lipinski definition) is 5. The van der Waals surface area contributed by atoms with Gasteiger partial charge in [0.1, 0.15) is 0 Å². The summed E-state index contributed by atoms with van der Waals surface area (Å²) in [5.41, 5.74) is 1.04. The largest absolute Gasteiger partial charge is 0.318 e. The van der Waals surface area contributed by atoms with E-state index in [2.05, 4.69) is 49.4 Å². The van der Waals surface area contributed by atoms with Gasteiger partial charge in [0, 0.05) is 45.3 Å². The molecule has 6 nitrogen and oxygen atoms in total. The topological polar surface area (TPSA) is 58.4 Å². The zero-order chi connectivity index (χ0) is 20.7. The van der Waals surface area contributed by atoms with Crippen molar-refractivity contribution in [1.29, 1.82) is 0 Å². The molecule has 0 radical (unpaired) electrons. The lowest BCUT2D eigenvalue weighted by Crippen LogP contribution is -2.48. The predicted octanol–water partition coefficient (Wildman–Crippen LogP) is 3.42. The van der Waals surface area contributed by atoms with Crippen LogP contribution in [0.15, 0.2) is 11.4 Å². The Hall–Kier alpha value is -0.920. The Labute approximate surface area is 172 Å². The van der Waals surface area contributed by atoms with Crippen molar-refractivity contribution in [3.63, 3.8) is 0 Å². The zero-order valence-electron chi connectivity index (χ0n) is 18.5. The number of hydrogen-bond donors (Lipinski definition) is 0. The van der Waals surface area contributed by atoms with Crippen LogP contribution in [0.25, 0.3) is 0 Å². The first-order chi connectivity index (χ1) is 13.2. The Bertz CT molecular complexity index is 689. The molecule has 7 heteroatoms. The van der Waals surface area contributed by atoms with Crippen molar-refractivity contribution in [2.45, 2.75) is 84.6 Å². The number of imidazole rings is 1. The minimum Gasteiger partial charge on any atom is -0.318 e. The van der Waals surface area contributed by atoms with Crippen LogP contribution in [0.5, 0.6) is 0 Å². The van der Waals surface area contributed by atoms with Crippen LogP contribution in [0.3, 0.4) is 0 Å². The van der Waals surface area contributed by atoms with Crippen LogP contribution in [-0.4, -0.2) is 65.7 Å². The lowest BCUT2D eigenvalue weighted by molar-refractivity contribution is 0.102. The highest BCUT2D eigenvalue weighted by Crippen LogP contribution is 2.19. The van der Waals surface area contributed by atoms with Gasteiger partial charge in [-0.2, -0.15) is 0 Å². The van der Waals surface area contributed by atoms with Crippen LogP contribution >= 0.6 is 0 Å². The van der Waals surface area contributed by atoms with E-state index in [1.54, 1.807) is 6.20 Å². The molecule has 1 aromatic heterocycles. The summed E-state index contributed by atoms with van der Waals surface area (Å²) in [6.07, 6.45) is 5.44. The Morgan fingerprint density at radius 3 is 2.32 bits per heavy atom. The molecule has 1 fully saturated rings. The van der Waals surface area contributed by atoms with E-state index in [4.69, 9.17) is 0 Å². The molecule has 0 atom stereocenters. The molecule has 1 saturated heterocycles. The fraction of sp³-hybridized carbons (Fsp3) is 0.857. The highest BCUT2D eigenvalue weighted by Gasteiger charge is 2.25. The van der Waals surface area contributed by atoms with E-state index < -0.39 is 9.84 Å². The van der Waals surface area contributed by atoms with Crippen LogP contribution < -0.4 is 0 Å². The molecule has 1 aliphatic rings. The number of sulfone groups is 1. The summed E-state index contributed by atoms with van der Waals surface area (Å²) < 4.78 is 27.8. The third-order valence-corrected chi connectivity index (χ3v) is 7.34. The number of nitrogens with zero attached hydrogens (tertiary/aromatic N) is 4. The molecule has 0 aliphatic carbocycles. The average molecular weight is 413 g/mol. The molecule has 0 saturated carbocycles. The SMILES string of the molecule is CCCCn1c(CN2CCN(C(C)C)CC2)cnc1S(=O)(=O)CCCC(C)C. The highest BCUT2D eigenvalue weighted by atomic mass is 32.2. The summed E-state index contributed by atoms with van der Waals surface area (Å²) in [5.74, 6) is 0.719. The van der Waals surface area contributed by atoms with Gasteiger partial charge in [0.2, 0.25) is 15.0 Å². The summed E-state index contributed by atoms with van der Waals surface area (Å²) in [4.78, 5) is 9.30. The Morgan fingerprint density at radius 1 is 1.07 bits per heavy atom. The Morgan fingerprint density at radius 2 is 1.75 bits per heavy atom. The zero-order valence-corrected chi connectivity index (χ0v) is 19.3. The normalized spacial score (nSPS) is 17.1. The Balaban J connectivity index is 2.10. The van der Waals surface area contributed by atoms with Gasteiger partial charge in [0.15, 0.2) is 0 Å². The van der Waals surface area contributed by atoms with Crippen LogP contribution in [0.2, 0.25) is 0 Å². The quantitative estimate of drug-likeness (QED) is 0.557. The minimum atomic E-state index is -3.33. The van der Waals surface area contributed by atoms with Gasteiger partial charge in [0.25, 0.3) is 0 Å². The van der Waals surface area contributed by atoms with Crippen molar-refractivity contribution in [3.05, 3.63) is 11.9 Å². The van der Waals surface area contributed by atoms with Gasteiger partial charge in [-0.25, -0.2) is 13.4 Å². The summed E-state index contributed by atoms with van der Waals surface area (Å²) in [6.45, 7) is 16.6. The van der Waals surface area contributed by atoms with E-state index in [1.165, 1.54) is 0 Å². The highest BCUT2D eigenvalue weighted by molar-refractivity contribution is 7.91. The maximum atomic E-state index is 12.9. The molecule has 1 aromatic rings. The summed E-state index contributed by atoms with van der Waals surface area (Å²) in [5, 5.41) is 0.278. The summed E-state index contributed by atoms with van der Waals surface area (Å²) in [6, 6.07) is 0.583. The van der Waals surface area contributed by atoms with Gasteiger partial charge in [-0.1, -0.05) is 27.2 Å². The number of rotatable bonds is 11. The van der Waals surface area contributed by atoms with Crippen LogP contribution in [-0.2, 0) is 22.9 Å². The third kappa shape index (κ3) is 6.56. The fourth-order valence-electron chi connectivity index (χ4n) is 3.76. The second-order valence-electron chi connectivity index (χ2n) is 8.80. The van der Waals surface area contributed by atoms with Crippen LogP contribution in [0.4, 0.5) is 0 Å². The molecule has 28 heavy (non-hydrogen) atoms. The van der Waals surface area contributed by atoms with Gasteiger partial charge in [-0.3, -0.25) is 9.80 Å². The molecule has 0 spiro atoms. The second kappa shape index (κ2) is 10.7. The first-order valence-corrected chi connectivity index (χ1v) is 12.6. The minimum absolute atomic E-state index is 0.195. The fourth-order valence-corrected chi connectivity index (χ4v) is 5.25. The van der Waals surface area contributed by atoms with E-state index >= 15 is 0 Å². The molecule has 162 valence electrons. The van der Waals surface area contributed by atoms with Crippen molar-refractivity contribution in [2.75, 3.05) is 31.9 Å². The monoisotopic (exact) mass is 412 g/mol. The molecule has 0 amide bonds. The number of piperazine rings is 1. The molecule has 1 aliphatic heterocycles. The summed E-state index contributed by atoms with van der Waals surface area (Å²) in [7, 11) is -3.33.